The minimum absolute atomic E-state index is 0.647. The van der Waals surface area contributed by atoms with E-state index >= 15 is 0 Å². The lowest BCUT2D eigenvalue weighted by molar-refractivity contribution is 0.420. The molecule has 0 aliphatic carbocycles. The Kier molecular flexibility index (Phi) is 4.46. The molecule has 22 heavy (non-hydrogen) atoms. The van der Waals surface area contributed by atoms with Gasteiger partial charge in [-0.05, 0) is 51.6 Å². The lowest BCUT2D eigenvalue weighted by atomic mass is 10.0. The maximum absolute atomic E-state index is 6.09. The van der Waals surface area contributed by atoms with Crippen LogP contribution in [0.4, 0.5) is 5.69 Å². The predicted molar refractivity (Wildman–Crippen MR) is 96.9 cm³/mol. The van der Waals surface area contributed by atoms with Gasteiger partial charge in [0, 0.05) is 21.6 Å². The van der Waals surface area contributed by atoms with Crippen LogP contribution in [0.1, 0.15) is 5.56 Å². The van der Waals surface area contributed by atoms with Gasteiger partial charge in [0.15, 0.2) is 0 Å². The number of fused-ring (bicyclic) bond motifs is 1. The molecule has 0 bridgehead atoms. The summed E-state index contributed by atoms with van der Waals surface area (Å²) in [5.41, 5.74) is 1.85. The van der Waals surface area contributed by atoms with Crippen LogP contribution >= 0.6 is 27.5 Å². The zero-order chi connectivity index (χ0) is 15.5. The van der Waals surface area contributed by atoms with E-state index in [-0.39, 0.29) is 0 Å². The normalized spacial score (nSPS) is 11.2. The molecule has 4 heteroatoms. The Morgan fingerprint density at radius 1 is 1.05 bits per heavy atom. The molecule has 0 heterocycles. The fourth-order valence-corrected chi connectivity index (χ4v) is 2.72. The highest BCUT2D eigenvalue weighted by molar-refractivity contribution is 9.10. The topological polar surface area (TPSA) is 21.6 Å². The van der Waals surface area contributed by atoms with Crippen LogP contribution in [-0.4, -0.2) is 13.3 Å². The summed E-state index contributed by atoms with van der Waals surface area (Å²) in [5.74, 6) is 0.861. The third-order valence-corrected chi connectivity index (χ3v) is 4.63. The molecule has 0 atom stereocenters. The van der Waals surface area contributed by atoms with E-state index in [2.05, 4.69) is 27.0 Å². The number of nitrogens with zero attached hydrogens (tertiary/aromatic N) is 1. The quantitative estimate of drug-likeness (QED) is 0.514. The number of hydrogen-bond acceptors (Lipinski definition) is 2. The van der Waals surface area contributed by atoms with Crippen LogP contribution in [0.25, 0.3) is 10.8 Å². The first-order valence-electron chi connectivity index (χ1n) is 6.74. The highest BCUT2D eigenvalue weighted by Crippen LogP contribution is 2.29. The first kappa shape index (κ1) is 15.1. The molecule has 0 saturated carbocycles. The molecule has 0 aliphatic rings. The highest BCUT2D eigenvalue weighted by atomic mass is 79.9. The molecule has 0 aliphatic heterocycles. The van der Waals surface area contributed by atoms with Gasteiger partial charge >= 0.3 is 0 Å². The van der Waals surface area contributed by atoms with Gasteiger partial charge in [-0.15, -0.1) is 0 Å². The van der Waals surface area contributed by atoms with E-state index < -0.39 is 0 Å². The molecule has 0 radical (unpaired) electrons. The van der Waals surface area contributed by atoms with Crippen molar-refractivity contribution in [1.82, 2.24) is 0 Å². The standard InChI is InChI=1S/C18H13BrClNO/c1-22-18-9-6-12(14-4-2-3-5-15(14)18)11-21-13-7-8-16(19)17(20)10-13/h2-11H,1H3. The third-order valence-electron chi connectivity index (χ3n) is 3.39. The van der Waals surface area contributed by atoms with Crippen molar-refractivity contribution in [3.63, 3.8) is 0 Å². The van der Waals surface area contributed by atoms with Gasteiger partial charge in [-0.25, -0.2) is 0 Å². The first-order chi connectivity index (χ1) is 10.7. The Labute approximate surface area is 142 Å². The molecule has 110 valence electrons. The largest absolute Gasteiger partial charge is 0.496 e. The van der Waals surface area contributed by atoms with Gasteiger partial charge in [-0.2, -0.15) is 0 Å². The van der Waals surface area contributed by atoms with Crippen molar-refractivity contribution in [3.05, 3.63) is 69.7 Å². The Balaban J connectivity index is 2.03. The van der Waals surface area contributed by atoms with Crippen molar-refractivity contribution in [2.24, 2.45) is 4.99 Å². The second-order valence-corrected chi connectivity index (χ2v) is 6.02. The lowest BCUT2D eigenvalue weighted by Crippen LogP contribution is -1.89. The molecule has 0 spiro atoms. The van der Waals surface area contributed by atoms with Crippen LogP contribution in [0.2, 0.25) is 5.02 Å². The van der Waals surface area contributed by atoms with Crippen molar-refractivity contribution >= 4 is 50.2 Å². The van der Waals surface area contributed by atoms with E-state index in [1.165, 1.54) is 0 Å². The smallest absolute Gasteiger partial charge is 0.126 e. The van der Waals surface area contributed by atoms with E-state index in [0.717, 1.165) is 32.2 Å². The fraction of sp³-hybridized carbons (Fsp3) is 0.0556. The lowest BCUT2D eigenvalue weighted by Gasteiger charge is -2.07. The molecule has 2 nitrogen and oxygen atoms in total. The molecule has 0 unspecified atom stereocenters. The van der Waals surface area contributed by atoms with Gasteiger partial charge in [0.05, 0.1) is 17.8 Å². The summed E-state index contributed by atoms with van der Waals surface area (Å²) < 4.78 is 6.27. The summed E-state index contributed by atoms with van der Waals surface area (Å²) in [4.78, 5) is 4.51. The molecular formula is C18H13BrClNO. The van der Waals surface area contributed by atoms with E-state index in [4.69, 9.17) is 16.3 Å². The predicted octanol–water partition coefficient (Wildman–Crippen LogP) is 6.01. The first-order valence-corrected chi connectivity index (χ1v) is 7.91. The summed E-state index contributed by atoms with van der Waals surface area (Å²) in [5, 5.41) is 2.82. The zero-order valence-electron chi connectivity index (χ0n) is 11.9. The number of ether oxygens (including phenoxy) is 1. The van der Waals surface area contributed by atoms with Crippen LogP contribution in [0, 0.1) is 0 Å². The van der Waals surface area contributed by atoms with Crippen molar-refractivity contribution in [3.8, 4) is 5.75 Å². The monoisotopic (exact) mass is 373 g/mol. The molecule has 0 amide bonds. The van der Waals surface area contributed by atoms with Crippen LogP contribution in [0.15, 0.2) is 64.1 Å². The fourth-order valence-electron chi connectivity index (χ4n) is 2.29. The summed E-state index contributed by atoms with van der Waals surface area (Å²) in [7, 11) is 1.68. The molecule has 0 saturated heterocycles. The van der Waals surface area contributed by atoms with Gasteiger partial charge < -0.3 is 4.74 Å². The van der Waals surface area contributed by atoms with Crippen LogP contribution < -0.4 is 4.74 Å². The van der Waals surface area contributed by atoms with Crippen molar-refractivity contribution in [2.75, 3.05) is 7.11 Å². The maximum Gasteiger partial charge on any atom is 0.126 e. The Bertz CT molecular complexity index is 861. The summed E-state index contributed by atoms with van der Waals surface area (Å²) in [6, 6.07) is 17.7. The van der Waals surface area contributed by atoms with Gasteiger partial charge in [-0.3, -0.25) is 4.99 Å². The van der Waals surface area contributed by atoms with E-state index in [1.54, 1.807) is 7.11 Å². The van der Waals surface area contributed by atoms with Gasteiger partial charge in [0.2, 0.25) is 0 Å². The van der Waals surface area contributed by atoms with E-state index in [0.29, 0.717) is 5.02 Å². The average Bonchev–Trinajstić information content (AvgIpc) is 2.55. The van der Waals surface area contributed by atoms with Crippen molar-refractivity contribution < 1.29 is 4.74 Å². The molecule has 3 aromatic rings. The minimum atomic E-state index is 0.647. The van der Waals surface area contributed by atoms with Gasteiger partial charge in [-0.1, -0.05) is 35.9 Å². The second-order valence-electron chi connectivity index (χ2n) is 4.76. The minimum Gasteiger partial charge on any atom is -0.496 e. The van der Waals surface area contributed by atoms with Crippen molar-refractivity contribution in [2.45, 2.75) is 0 Å². The van der Waals surface area contributed by atoms with E-state index in [1.807, 2.05) is 54.7 Å². The number of benzene rings is 3. The molecule has 0 N–H and O–H groups in total. The third kappa shape index (κ3) is 3.01. The Morgan fingerprint density at radius 2 is 1.82 bits per heavy atom. The molecule has 3 aromatic carbocycles. The molecule has 0 aromatic heterocycles. The summed E-state index contributed by atoms with van der Waals surface area (Å²) >= 11 is 9.47. The maximum atomic E-state index is 6.09. The number of aliphatic imine (C=N–C) groups is 1. The number of rotatable bonds is 3. The van der Waals surface area contributed by atoms with Crippen LogP contribution in [0.5, 0.6) is 5.75 Å². The molecule has 0 fully saturated rings. The highest BCUT2D eigenvalue weighted by Gasteiger charge is 2.04. The summed E-state index contributed by atoms with van der Waals surface area (Å²) in [6.07, 6.45) is 1.85. The number of hydrogen-bond donors (Lipinski definition) is 0. The summed E-state index contributed by atoms with van der Waals surface area (Å²) in [6.45, 7) is 0. The second kappa shape index (κ2) is 6.51. The van der Waals surface area contributed by atoms with Crippen LogP contribution in [0.3, 0.4) is 0 Å². The van der Waals surface area contributed by atoms with Gasteiger partial charge in [0.25, 0.3) is 0 Å². The Hall–Kier alpha value is -1.84. The molecule has 3 rings (SSSR count). The Morgan fingerprint density at radius 3 is 2.55 bits per heavy atom. The van der Waals surface area contributed by atoms with Crippen molar-refractivity contribution in [1.29, 1.82) is 0 Å². The van der Waals surface area contributed by atoms with E-state index in [9.17, 15) is 0 Å². The zero-order valence-corrected chi connectivity index (χ0v) is 14.2. The SMILES string of the molecule is COc1ccc(C=Nc2ccc(Br)c(Cl)c2)c2ccccc12. The number of methoxy groups -OCH3 is 1. The van der Waals surface area contributed by atoms with Gasteiger partial charge in [0.1, 0.15) is 5.75 Å². The number of halogens is 2. The van der Waals surface area contributed by atoms with Crippen LogP contribution in [-0.2, 0) is 0 Å². The molecular weight excluding hydrogens is 362 g/mol. The average molecular weight is 375 g/mol.